The molecular formula is C6H12NO2. The fraction of sp³-hybridized carbons (Fsp3) is 1.00. The predicted octanol–water partition coefficient (Wildman–Crippen LogP) is -0.206. The van der Waals surface area contributed by atoms with Gasteiger partial charge in [0.2, 0.25) is 0 Å². The van der Waals surface area contributed by atoms with Gasteiger partial charge in [-0.3, -0.25) is 0 Å². The molecule has 0 aromatic heterocycles. The number of rotatable bonds is 2. The Balaban J connectivity index is 2.14. The van der Waals surface area contributed by atoms with Crippen molar-refractivity contribution in [3.8, 4) is 0 Å². The monoisotopic (exact) mass is 130 g/mol. The first-order valence-corrected chi connectivity index (χ1v) is 3.21. The van der Waals surface area contributed by atoms with Gasteiger partial charge in [0.15, 0.2) is 0 Å². The quantitative estimate of drug-likeness (QED) is 0.562. The minimum atomic E-state index is -0.412. The molecule has 0 saturated carbocycles. The summed E-state index contributed by atoms with van der Waals surface area (Å²) in [5, 5.41) is 13.8. The van der Waals surface area contributed by atoms with E-state index >= 15 is 0 Å². The summed E-state index contributed by atoms with van der Waals surface area (Å²) in [6.07, 6.45) is 0.304. The van der Waals surface area contributed by atoms with E-state index in [1.807, 2.05) is 0 Å². The van der Waals surface area contributed by atoms with Crippen LogP contribution in [0.15, 0.2) is 0 Å². The van der Waals surface area contributed by atoms with E-state index in [1.165, 1.54) is 0 Å². The van der Waals surface area contributed by atoms with E-state index < -0.39 is 6.10 Å². The second-order valence-corrected chi connectivity index (χ2v) is 2.42. The zero-order chi connectivity index (χ0) is 6.69. The summed E-state index contributed by atoms with van der Waals surface area (Å²) >= 11 is 0. The van der Waals surface area contributed by atoms with Crippen LogP contribution in [0.2, 0.25) is 0 Å². The van der Waals surface area contributed by atoms with Gasteiger partial charge in [0.1, 0.15) is 6.10 Å². The van der Waals surface area contributed by atoms with Crippen molar-refractivity contribution in [2.45, 2.75) is 18.6 Å². The van der Waals surface area contributed by atoms with E-state index in [9.17, 15) is 5.11 Å². The lowest BCUT2D eigenvalue weighted by Crippen LogP contribution is -2.25. The van der Waals surface area contributed by atoms with E-state index in [0.717, 1.165) is 0 Å². The lowest BCUT2D eigenvalue weighted by atomic mass is 10.2. The van der Waals surface area contributed by atoms with E-state index in [4.69, 9.17) is 4.74 Å². The van der Waals surface area contributed by atoms with Crippen LogP contribution in [0.3, 0.4) is 0 Å². The van der Waals surface area contributed by atoms with Crippen LogP contribution in [0.4, 0.5) is 0 Å². The van der Waals surface area contributed by atoms with Gasteiger partial charge < -0.3 is 10.1 Å². The molecule has 53 valence electrons. The molecule has 0 bridgehead atoms. The zero-order valence-corrected chi connectivity index (χ0v) is 5.59. The van der Waals surface area contributed by atoms with Crippen molar-refractivity contribution >= 4 is 0 Å². The maximum absolute atomic E-state index is 10.7. The molecule has 1 radical (unpaired) electrons. The number of methoxy groups -OCH3 is 1. The first-order valence-electron chi connectivity index (χ1n) is 3.21. The summed E-state index contributed by atoms with van der Waals surface area (Å²) in [5.74, 6) is 0. The third-order valence-corrected chi connectivity index (χ3v) is 1.55. The van der Waals surface area contributed by atoms with Crippen LogP contribution in [0.1, 0.15) is 6.42 Å². The standard InChI is InChI=1S/C6H12NO2/c1-9-4-5-2-6(8)3-7-5/h5-7H,2-4H2,1H3/t5-,6+/m1/s1. The highest BCUT2D eigenvalue weighted by molar-refractivity contribution is 4.80. The van der Waals surface area contributed by atoms with Crippen LogP contribution in [-0.2, 0) is 9.84 Å². The Hall–Kier alpha value is -0.120. The van der Waals surface area contributed by atoms with Gasteiger partial charge in [-0.1, -0.05) is 0 Å². The first kappa shape index (κ1) is 6.99. The molecule has 0 aromatic rings. The molecule has 1 aliphatic heterocycles. The lowest BCUT2D eigenvalue weighted by molar-refractivity contribution is 0.0985. The van der Waals surface area contributed by atoms with Gasteiger partial charge in [0.05, 0.1) is 6.61 Å². The van der Waals surface area contributed by atoms with Crippen molar-refractivity contribution in [3.05, 3.63) is 0 Å². The SMILES string of the molecule is COC[C@H]1C[C@H]([O])CN1. The topological polar surface area (TPSA) is 41.2 Å². The Morgan fingerprint density at radius 1 is 1.78 bits per heavy atom. The summed E-state index contributed by atoms with van der Waals surface area (Å²) in [6, 6.07) is 0.303. The van der Waals surface area contributed by atoms with Gasteiger partial charge in [-0.2, -0.15) is 0 Å². The number of ether oxygens (including phenoxy) is 1. The second-order valence-electron chi connectivity index (χ2n) is 2.42. The van der Waals surface area contributed by atoms with Gasteiger partial charge in [0.25, 0.3) is 0 Å². The highest BCUT2D eigenvalue weighted by Gasteiger charge is 2.22. The minimum Gasteiger partial charge on any atom is -0.383 e. The van der Waals surface area contributed by atoms with Gasteiger partial charge in [-0.25, -0.2) is 5.11 Å². The normalized spacial score (nSPS) is 35.3. The van der Waals surface area contributed by atoms with Crippen LogP contribution >= 0.6 is 0 Å². The van der Waals surface area contributed by atoms with Gasteiger partial charge in [-0.05, 0) is 6.42 Å². The minimum absolute atomic E-state index is 0.303. The smallest absolute Gasteiger partial charge is 0.107 e. The summed E-state index contributed by atoms with van der Waals surface area (Å²) < 4.78 is 4.87. The molecule has 9 heavy (non-hydrogen) atoms. The Morgan fingerprint density at radius 2 is 2.56 bits per heavy atom. The van der Waals surface area contributed by atoms with Crippen molar-refractivity contribution in [1.29, 1.82) is 0 Å². The van der Waals surface area contributed by atoms with Crippen molar-refractivity contribution in [1.82, 2.24) is 5.32 Å². The lowest BCUT2D eigenvalue weighted by Gasteiger charge is -2.05. The van der Waals surface area contributed by atoms with E-state index in [2.05, 4.69) is 5.32 Å². The Labute approximate surface area is 55.0 Å². The summed E-state index contributed by atoms with van der Waals surface area (Å²) in [4.78, 5) is 0. The predicted molar refractivity (Wildman–Crippen MR) is 32.8 cm³/mol. The van der Waals surface area contributed by atoms with Gasteiger partial charge in [-0.15, -0.1) is 0 Å². The third-order valence-electron chi connectivity index (χ3n) is 1.55. The Bertz CT molecular complexity index is 85.1. The molecule has 0 aliphatic carbocycles. The summed E-state index contributed by atoms with van der Waals surface area (Å²) in [6.45, 7) is 1.27. The van der Waals surface area contributed by atoms with Crippen molar-refractivity contribution in [3.63, 3.8) is 0 Å². The van der Waals surface area contributed by atoms with Crippen LogP contribution in [0.5, 0.6) is 0 Å². The maximum Gasteiger partial charge on any atom is 0.107 e. The van der Waals surface area contributed by atoms with E-state index in [1.54, 1.807) is 7.11 Å². The average Bonchev–Trinajstić information content (AvgIpc) is 2.17. The van der Waals surface area contributed by atoms with Gasteiger partial charge >= 0.3 is 0 Å². The Morgan fingerprint density at radius 3 is 3.00 bits per heavy atom. The highest BCUT2D eigenvalue weighted by Crippen LogP contribution is 2.05. The molecule has 0 amide bonds. The zero-order valence-electron chi connectivity index (χ0n) is 5.59. The van der Waals surface area contributed by atoms with Crippen molar-refractivity contribution in [2.24, 2.45) is 0 Å². The highest BCUT2D eigenvalue weighted by atomic mass is 16.5. The molecule has 1 fully saturated rings. The maximum atomic E-state index is 10.7. The largest absolute Gasteiger partial charge is 0.383 e. The fourth-order valence-corrected chi connectivity index (χ4v) is 1.11. The first-order chi connectivity index (χ1) is 4.33. The number of hydrogen-bond donors (Lipinski definition) is 1. The molecule has 1 saturated heterocycles. The molecule has 0 spiro atoms. The third kappa shape index (κ3) is 1.93. The van der Waals surface area contributed by atoms with Crippen molar-refractivity contribution < 1.29 is 9.84 Å². The average molecular weight is 130 g/mol. The molecule has 1 N–H and O–H groups in total. The summed E-state index contributed by atoms with van der Waals surface area (Å²) in [5.41, 5.74) is 0. The fourth-order valence-electron chi connectivity index (χ4n) is 1.11. The van der Waals surface area contributed by atoms with E-state index in [-0.39, 0.29) is 0 Å². The molecule has 0 unspecified atom stereocenters. The second kappa shape index (κ2) is 3.15. The molecule has 1 aliphatic rings. The van der Waals surface area contributed by atoms with Crippen LogP contribution in [0.25, 0.3) is 0 Å². The van der Waals surface area contributed by atoms with Gasteiger partial charge in [0, 0.05) is 19.7 Å². The molecular weight excluding hydrogens is 118 g/mol. The molecule has 1 rings (SSSR count). The molecule has 1 heterocycles. The van der Waals surface area contributed by atoms with Crippen molar-refractivity contribution in [2.75, 3.05) is 20.3 Å². The number of hydrogen-bond acceptors (Lipinski definition) is 2. The molecule has 3 nitrogen and oxygen atoms in total. The van der Waals surface area contributed by atoms with E-state index in [0.29, 0.717) is 25.6 Å². The molecule has 0 aromatic carbocycles. The van der Waals surface area contributed by atoms with Crippen LogP contribution < -0.4 is 5.32 Å². The molecule has 3 heteroatoms. The number of nitrogens with one attached hydrogen (secondary N) is 1. The summed E-state index contributed by atoms with van der Waals surface area (Å²) in [7, 11) is 1.65. The van der Waals surface area contributed by atoms with Crippen LogP contribution in [0, 0.1) is 0 Å². The Kier molecular flexibility index (Phi) is 2.45. The van der Waals surface area contributed by atoms with Crippen LogP contribution in [-0.4, -0.2) is 32.4 Å². The molecule has 2 atom stereocenters.